The molecular formula is C23H25F3O2. The van der Waals surface area contributed by atoms with Crippen LogP contribution in [-0.4, -0.2) is 20.3 Å². The minimum absolute atomic E-state index is 0.0420. The van der Waals surface area contributed by atoms with Gasteiger partial charge in [0.05, 0.1) is 12.7 Å². The first kappa shape index (κ1) is 20.6. The number of ether oxygens (including phenoxy) is 2. The second kappa shape index (κ2) is 9.39. The summed E-state index contributed by atoms with van der Waals surface area (Å²) in [5, 5.41) is 0. The molecule has 150 valence electrons. The van der Waals surface area contributed by atoms with Gasteiger partial charge in [-0.25, -0.2) is 13.2 Å². The fourth-order valence-corrected chi connectivity index (χ4v) is 3.61. The first-order valence-corrected chi connectivity index (χ1v) is 9.56. The molecule has 1 saturated heterocycles. The molecule has 2 aromatic carbocycles. The third-order valence-corrected chi connectivity index (χ3v) is 5.22. The van der Waals surface area contributed by atoms with Crippen LogP contribution in [0.15, 0.2) is 36.4 Å². The molecule has 2 unspecified atom stereocenters. The van der Waals surface area contributed by atoms with E-state index in [2.05, 4.69) is 0 Å². The van der Waals surface area contributed by atoms with E-state index in [1.165, 1.54) is 24.3 Å². The lowest BCUT2D eigenvalue weighted by atomic mass is 9.91. The van der Waals surface area contributed by atoms with Gasteiger partial charge in [-0.3, -0.25) is 0 Å². The molecule has 0 saturated carbocycles. The van der Waals surface area contributed by atoms with E-state index in [0.29, 0.717) is 30.3 Å². The van der Waals surface area contributed by atoms with Crippen LogP contribution in [0.5, 0.6) is 0 Å². The van der Waals surface area contributed by atoms with Crippen LogP contribution in [0.3, 0.4) is 0 Å². The van der Waals surface area contributed by atoms with Gasteiger partial charge in [-0.05, 0) is 43.7 Å². The van der Waals surface area contributed by atoms with Crippen LogP contribution in [-0.2, 0) is 9.47 Å². The molecule has 2 nitrogen and oxygen atoms in total. The highest BCUT2D eigenvalue weighted by Gasteiger charge is 2.25. The van der Waals surface area contributed by atoms with Crippen LogP contribution in [0.25, 0.3) is 17.2 Å². The van der Waals surface area contributed by atoms with Crippen molar-refractivity contribution >= 4 is 6.08 Å². The fourth-order valence-electron chi connectivity index (χ4n) is 3.61. The second-order valence-electron chi connectivity index (χ2n) is 7.11. The van der Waals surface area contributed by atoms with Crippen LogP contribution in [0.2, 0.25) is 0 Å². The lowest BCUT2D eigenvalue weighted by Gasteiger charge is -2.29. The van der Waals surface area contributed by atoms with Crippen molar-refractivity contribution in [3.63, 3.8) is 0 Å². The van der Waals surface area contributed by atoms with Crippen molar-refractivity contribution in [1.29, 1.82) is 0 Å². The average molecular weight is 390 g/mol. The van der Waals surface area contributed by atoms with Crippen molar-refractivity contribution in [3.05, 3.63) is 65.0 Å². The molecule has 0 amide bonds. The van der Waals surface area contributed by atoms with Crippen LogP contribution in [0.4, 0.5) is 13.2 Å². The molecule has 5 heteroatoms. The molecule has 1 fully saturated rings. The Balaban J connectivity index is 1.77. The predicted molar refractivity (Wildman–Crippen MR) is 104 cm³/mol. The Hall–Kier alpha value is -2.11. The summed E-state index contributed by atoms with van der Waals surface area (Å²) in [7, 11) is 1.67. The van der Waals surface area contributed by atoms with Gasteiger partial charge in [0.1, 0.15) is 5.82 Å². The monoisotopic (exact) mass is 390 g/mol. The molecule has 0 aromatic heterocycles. The van der Waals surface area contributed by atoms with E-state index < -0.39 is 17.5 Å². The van der Waals surface area contributed by atoms with Gasteiger partial charge >= 0.3 is 0 Å². The first-order chi connectivity index (χ1) is 13.5. The number of hydrogen-bond acceptors (Lipinski definition) is 2. The van der Waals surface area contributed by atoms with Gasteiger partial charge in [0.2, 0.25) is 0 Å². The number of halogens is 3. The van der Waals surface area contributed by atoms with Gasteiger partial charge in [-0.2, -0.15) is 0 Å². The maximum atomic E-state index is 14.7. The van der Waals surface area contributed by atoms with E-state index in [0.717, 1.165) is 19.3 Å². The minimum Gasteiger partial charge on any atom is -0.385 e. The van der Waals surface area contributed by atoms with Gasteiger partial charge in [-0.1, -0.05) is 36.4 Å². The molecule has 1 heterocycles. The van der Waals surface area contributed by atoms with Crippen molar-refractivity contribution in [1.82, 2.24) is 0 Å². The summed E-state index contributed by atoms with van der Waals surface area (Å²) in [6.45, 7) is 2.99. The van der Waals surface area contributed by atoms with Crippen molar-refractivity contribution < 1.29 is 22.6 Å². The van der Waals surface area contributed by atoms with Crippen molar-refractivity contribution in [3.8, 4) is 11.1 Å². The molecule has 0 radical (unpaired) electrons. The molecule has 2 aromatic rings. The number of hydrogen-bond donors (Lipinski definition) is 0. The zero-order valence-corrected chi connectivity index (χ0v) is 16.2. The Bertz CT molecular complexity index is 840. The van der Waals surface area contributed by atoms with Crippen LogP contribution < -0.4 is 0 Å². The molecule has 0 bridgehead atoms. The first-order valence-electron chi connectivity index (χ1n) is 9.56. The molecule has 0 aliphatic carbocycles. The topological polar surface area (TPSA) is 18.5 Å². The lowest BCUT2D eigenvalue weighted by molar-refractivity contribution is -0.0260. The fraction of sp³-hybridized carbons (Fsp3) is 0.391. The highest BCUT2D eigenvalue weighted by molar-refractivity contribution is 5.67. The SMILES string of the molecule is C/C=C/c1ccc(-c2ccc(C3CCC(CCOC)CO3)c(F)c2)c(F)c1F. The summed E-state index contributed by atoms with van der Waals surface area (Å²) in [4.78, 5) is 0. The zero-order chi connectivity index (χ0) is 20.1. The Morgan fingerprint density at radius 1 is 1.11 bits per heavy atom. The van der Waals surface area contributed by atoms with Gasteiger partial charge < -0.3 is 9.47 Å². The summed E-state index contributed by atoms with van der Waals surface area (Å²) in [6, 6.07) is 7.44. The molecule has 0 N–H and O–H groups in total. The Morgan fingerprint density at radius 2 is 1.93 bits per heavy atom. The van der Waals surface area contributed by atoms with E-state index in [1.54, 1.807) is 32.2 Å². The summed E-state index contributed by atoms with van der Waals surface area (Å²) in [6.07, 6.45) is 5.42. The maximum Gasteiger partial charge on any atom is 0.167 e. The quantitative estimate of drug-likeness (QED) is 0.576. The zero-order valence-electron chi connectivity index (χ0n) is 16.2. The third kappa shape index (κ3) is 4.47. The van der Waals surface area contributed by atoms with Gasteiger partial charge in [0.15, 0.2) is 11.6 Å². The summed E-state index contributed by atoms with van der Waals surface area (Å²) < 4.78 is 54.3. The molecule has 1 aliphatic heterocycles. The molecule has 1 aliphatic rings. The molecule has 28 heavy (non-hydrogen) atoms. The minimum atomic E-state index is -0.974. The van der Waals surface area contributed by atoms with E-state index >= 15 is 0 Å². The summed E-state index contributed by atoms with van der Waals surface area (Å²) in [5.41, 5.74) is 0.971. The Kier molecular flexibility index (Phi) is 6.92. The average Bonchev–Trinajstić information content (AvgIpc) is 2.70. The lowest BCUT2D eigenvalue weighted by Crippen LogP contribution is -2.22. The van der Waals surface area contributed by atoms with Gasteiger partial charge in [-0.15, -0.1) is 0 Å². The smallest absolute Gasteiger partial charge is 0.167 e. The van der Waals surface area contributed by atoms with Gasteiger partial charge in [0.25, 0.3) is 0 Å². The standard InChI is InChI=1S/C23H25F3O2/c1-3-4-16-6-8-18(23(26)22(16)25)17-7-9-19(20(24)13-17)21-10-5-15(14-28-21)11-12-27-2/h3-4,6-9,13,15,21H,5,10-12,14H2,1-2H3/b4-3+. The van der Waals surface area contributed by atoms with Crippen molar-refractivity contribution in [2.75, 3.05) is 20.3 Å². The molecule has 3 rings (SSSR count). The number of methoxy groups -OCH3 is 1. The number of benzene rings is 2. The van der Waals surface area contributed by atoms with E-state index in [1.807, 2.05) is 0 Å². The van der Waals surface area contributed by atoms with Crippen LogP contribution in [0, 0.1) is 23.4 Å². The normalized spacial score (nSPS) is 20.0. The molecular weight excluding hydrogens is 365 g/mol. The second-order valence-corrected chi connectivity index (χ2v) is 7.11. The maximum absolute atomic E-state index is 14.7. The largest absolute Gasteiger partial charge is 0.385 e. The van der Waals surface area contributed by atoms with Gasteiger partial charge in [0, 0.05) is 30.4 Å². The highest BCUT2D eigenvalue weighted by atomic mass is 19.2. The van der Waals surface area contributed by atoms with Crippen molar-refractivity contribution in [2.24, 2.45) is 5.92 Å². The Labute approximate surface area is 164 Å². The third-order valence-electron chi connectivity index (χ3n) is 5.22. The summed E-state index contributed by atoms with van der Waals surface area (Å²) >= 11 is 0. The number of rotatable bonds is 6. The van der Waals surface area contributed by atoms with Crippen LogP contribution >= 0.6 is 0 Å². The van der Waals surface area contributed by atoms with E-state index in [-0.39, 0.29) is 17.2 Å². The molecule has 2 atom stereocenters. The predicted octanol–water partition coefficient (Wildman–Crippen LogP) is 6.31. The highest BCUT2D eigenvalue weighted by Crippen LogP contribution is 2.35. The van der Waals surface area contributed by atoms with E-state index in [4.69, 9.17) is 9.47 Å². The molecule has 0 spiro atoms. The summed E-state index contributed by atoms with van der Waals surface area (Å²) in [5.74, 6) is -1.95. The van der Waals surface area contributed by atoms with Crippen molar-refractivity contribution in [2.45, 2.75) is 32.3 Å². The van der Waals surface area contributed by atoms with E-state index in [9.17, 15) is 13.2 Å². The van der Waals surface area contributed by atoms with Crippen LogP contribution in [0.1, 0.15) is 43.4 Å². The number of allylic oxidation sites excluding steroid dienone is 1. The Morgan fingerprint density at radius 3 is 2.57 bits per heavy atom.